The Bertz CT molecular complexity index is 624. The van der Waals surface area contributed by atoms with Crippen LogP contribution in [0.5, 0.6) is 0 Å². The highest BCUT2D eigenvalue weighted by molar-refractivity contribution is 6.09. The first-order valence-corrected chi connectivity index (χ1v) is 7.19. The third-order valence-electron chi connectivity index (χ3n) is 4.00. The molecular weight excluding hydrogens is 282 g/mol. The fourth-order valence-corrected chi connectivity index (χ4v) is 2.83. The number of rotatable bonds is 2. The summed E-state index contributed by atoms with van der Waals surface area (Å²) in [7, 11) is 0. The Labute approximate surface area is 132 Å². The summed E-state index contributed by atoms with van der Waals surface area (Å²) in [6.07, 6.45) is 1.04. The van der Waals surface area contributed by atoms with E-state index in [2.05, 4.69) is 24.4 Å². The quantitative estimate of drug-likeness (QED) is 0.859. The van der Waals surface area contributed by atoms with E-state index in [4.69, 9.17) is 0 Å². The molecule has 1 heterocycles. The molecule has 1 unspecified atom stereocenters. The number of benzene rings is 2. The molecule has 1 aliphatic heterocycles. The van der Waals surface area contributed by atoms with Crippen molar-refractivity contribution in [3.63, 3.8) is 0 Å². The van der Waals surface area contributed by atoms with Crippen molar-refractivity contribution >= 4 is 18.2 Å². The van der Waals surface area contributed by atoms with Crippen molar-refractivity contribution in [1.82, 2.24) is 5.32 Å². The van der Waals surface area contributed by atoms with Gasteiger partial charge in [0.1, 0.15) is 0 Å². The minimum Gasteiger partial charge on any atom is -0.316 e. The van der Waals surface area contributed by atoms with Crippen LogP contribution in [0, 0.1) is 0 Å². The second-order valence-electron chi connectivity index (χ2n) is 5.46. The topological polar surface area (TPSA) is 29.1 Å². The molecule has 1 atom stereocenters. The first-order chi connectivity index (χ1) is 9.75. The molecule has 3 rings (SSSR count). The van der Waals surface area contributed by atoms with Gasteiger partial charge >= 0.3 is 0 Å². The van der Waals surface area contributed by atoms with E-state index in [1.165, 1.54) is 11.1 Å². The van der Waals surface area contributed by atoms with Crippen LogP contribution >= 0.6 is 12.4 Å². The zero-order valence-corrected chi connectivity index (χ0v) is 13.0. The van der Waals surface area contributed by atoms with Gasteiger partial charge in [0.2, 0.25) is 0 Å². The third kappa shape index (κ3) is 3.34. The Morgan fingerprint density at radius 2 is 1.86 bits per heavy atom. The zero-order chi connectivity index (χ0) is 13.9. The average Bonchev–Trinajstić information content (AvgIpc) is 2.69. The monoisotopic (exact) mass is 301 g/mol. The maximum absolute atomic E-state index is 12.5. The van der Waals surface area contributed by atoms with E-state index in [0.717, 1.165) is 30.6 Å². The van der Waals surface area contributed by atoms with Crippen LogP contribution in [-0.4, -0.2) is 18.9 Å². The molecule has 0 aliphatic carbocycles. The lowest BCUT2D eigenvalue weighted by Gasteiger charge is -2.13. The summed E-state index contributed by atoms with van der Waals surface area (Å²) in [6.45, 7) is 4.22. The zero-order valence-electron chi connectivity index (χ0n) is 12.1. The van der Waals surface area contributed by atoms with E-state index in [-0.39, 0.29) is 18.2 Å². The molecule has 2 aromatic rings. The number of hydrogen-bond acceptors (Lipinski definition) is 2. The van der Waals surface area contributed by atoms with Gasteiger partial charge in [-0.2, -0.15) is 0 Å². The van der Waals surface area contributed by atoms with Crippen LogP contribution in [-0.2, 0) is 6.42 Å². The molecule has 1 aliphatic rings. The Hall–Kier alpha value is -1.64. The second kappa shape index (κ2) is 6.88. The second-order valence-corrected chi connectivity index (χ2v) is 5.46. The van der Waals surface area contributed by atoms with Gasteiger partial charge in [0.05, 0.1) is 0 Å². The molecule has 0 aromatic heterocycles. The van der Waals surface area contributed by atoms with Crippen molar-refractivity contribution in [3.05, 3.63) is 70.8 Å². The van der Waals surface area contributed by atoms with Crippen LogP contribution in [0.2, 0.25) is 0 Å². The average molecular weight is 302 g/mol. The Kier molecular flexibility index (Phi) is 5.16. The summed E-state index contributed by atoms with van der Waals surface area (Å²) in [5, 5.41) is 3.44. The third-order valence-corrected chi connectivity index (χ3v) is 4.00. The number of carbonyl (C=O) groups excluding carboxylic acids is 1. The largest absolute Gasteiger partial charge is 0.316 e. The van der Waals surface area contributed by atoms with Crippen molar-refractivity contribution in [3.8, 4) is 0 Å². The standard InChI is InChI=1S/C18H19NO.ClH/c1-13-12-19-10-9-14-7-8-16(11-17(13)14)18(20)15-5-3-2-4-6-15;/h2-8,11,13,19H,9-10,12H2,1H3;1H. The van der Waals surface area contributed by atoms with Gasteiger partial charge in [-0.1, -0.05) is 49.4 Å². The highest BCUT2D eigenvalue weighted by Gasteiger charge is 2.17. The fraction of sp³-hybridized carbons (Fsp3) is 0.278. The maximum Gasteiger partial charge on any atom is 0.193 e. The smallest absolute Gasteiger partial charge is 0.193 e. The fourth-order valence-electron chi connectivity index (χ4n) is 2.83. The number of halogens is 1. The minimum atomic E-state index is 0. The summed E-state index contributed by atoms with van der Waals surface area (Å²) < 4.78 is 0. The van der Waals surface area contributed by atoms with Crippen LogP contribution < -0.4 is 5.32 Å². The van der Waals surface area contributed by atoms with E-state index in [0.29, 0.717) is 5.92 Å². The highest BCUT2D eigenvalue weighted by Crippen LogP contribution is 2.24. The van der Waals surface area contributed by atoms with E-state index >= 15 is 0 Å². The lowest BCUT2D eigenvalue weighted by atomic mass is 9.91. The van der Waals surface area contributed by atoms with Gasteiger partial charge in [-0.05, 0) is 36.1 Å². The van der Waals surface area contributed by atoms with Crippen molar-refractivity contribution < 1.29 is 4.79 Å². The molecule has 110 valence electrons. The van der Waals surface area contributed by atoms with Crippen molar-refractivity contribution in [2.45, 2.75) is 19.3 Å². The van der Waals surface area contributed by atoms with Crippen LogP contribution in [0.25, 0.3) is 0 Å². The van der Waals surface area contributed by atoms with Gasteiger partial charge in [-0.3, -0.25) is 4.79 Å². The van der Waals surface area contributed by atoms with Gasteiger partial charge in [0.25, 0.3) is 0 Å². The number of hydrogen-bond donors (Lipinski definition) is 1. The van der Waals surface area contributed by atoms with Crippen LogP contribution in [0.4, 0.5) is 0 Å². The van der Waals surface area contributed by atoms with Gasteiger partial charge in [0.15, 0.2) is 5.78 Å². The lowest BCUT2D eigenvalue weighted by Crippen LogP contribution is -2.18. The first kappa shape index (κ1) is 15.7. The highest BCUT2D eigenvalue weighted by atomic mass is 35.5. The molecule has 21 heavy (non-hydrogen) atoms. The number of fused-ring (bicyclic) bond motifs is 1. The first-order valence-electron chi connectivity index (χ1n) is 7.19. The Morgan fingerprint density at radius 1 is 1.10 bits per heavy atom. The summed E-state index contributed by atoms with van der Waals surface area (Å²) in [5.74, 6) is 0.564. The Morgan fingerprint density at radius 3 is 2.62 bits per heavy atom. The van der Waals surface area contributed by atoms with Gasteiger partial charge in [-0.15, -0.1) is 12.4 Å². The SMILES string of the molecule is CC1CNCCc2ccc(C(=O)c3ccccc3)cc21.Cl. The predicted octanol–water partition coefficient (Wildman–Crippen LogP) is 3.59. The molecule has 2 nitrogen and oxygen atoms in total. The van der Waals surface area contributed by atoms with Crippen molar-refractivity contribution in [2.24, 2.45) is 0 Å². The van der Waals surface area contributed by atoms with Crippen LogP contribution in [0.1, 0.15) is 39.9 Å². The summed E-state index contributed by atoms with van der Waals surface area (Å²) in [4.78, 5) is 12.5. The molecule has 3 heteroatoms. The van der Waals surface area contributed by atoms with Crippen LogP contribution in [0.3, 0.4) is 0 Å². The molecule has 1 N–H and O–H groups in total. The van der Waals surface area contributed by atoms with Gasteiger partial charge < -0.3 is 5.32 Å². The number of nitrogens with one attached hydrogen (secondary N) is 1. The maximum atomic E-state index is 12.5. The van der Waals surface area contributed by atoms with E-state index in [1.807, 2.05) is 36.4 Å². The van der Waals surface area contributed by atoms with Gasteiger partial charge in [0, 0.05) is 17.7 Å². The molecule has 0 spiro atoms. The molecular formula is C18H20ClNO. The summed E-state index contributed by atoms with van der Waals surface area (Å²) in [5.41, 5.74) is 4.24. The normalized spacial score (nSPS) is 17.3. The van der Waals surface area contributed by atoms with Crippen molar-refractivity contribution in [1.29, 1.82) is 0 Å². The molecule has 0 bridgehead atoms. The van der Waals surface area contributed by atoms with Gasteiger partial charge in [-0.25, -0.2) is 0 Å². The molecule has 0 amide bonds. The van der Waals surface area contributed by atoms with Crippen molar-refractivity contribution in [2.75, 3.05) is 13.1 Å². The number of ketones is 1. The molecule has 2 aromatic carbocycles. The van der Waals surface area contributed by atoms with E-state index < -0.39 is 0 Å². The number of carbonyl (C=O) groups is 1. The van der Waals surface area contributed by atoms with E-state index in [9.17, 15) is 4.79 Å². The van der Waals surface area contributed by atoms with E-state index in [1.54, 1.807) is 0 Å². The minimum absolute atomic E-state index is 0. The van der Waals surface area contributed by atoms with Crippen LogP contribution in [0.15, 0.2) is 48.5 Å². The predicted molar refractivity (Wildman–Crippen MR) is 88.6 cm³/mol. The Balaban J connectivity index is 0.00000161. The summed E-state index contributed by atoms with van der Waals surface area (Å²) >= 11 is 0. The molecule has 0 fully saturated rings. The lowest BCUT2D eigenvalue weighted by molar-refractivity contribution is 0.103. The molecule has 0 saturated carbocycles. The summed E-state index contributed by atoms with van der Waals surface area (Å²) in [6, 6.07) is 15.7. The molecule has 0 saturated heterocycles. The molecule has 0 radical (unpaired) electrons.